The van der Waals surface area contributed by atoms with E-state index in [1.807, 2.05) is 0 Å². The van der Waals surface area contributed by atoms with Crippen molar-refractivity contribution in [3.05, 3.63) is 63.6 Å². The van der Waals surface area contributed by atoms with Crippen molar-refractivity contribution in [2.45, 2.75) is 12.6 Å². The van der Waals surface area contributed by atoms with Crippen molar-refractivity contribution in [1.29, 1.82) is 0 Å². The predicted octanol–water partition coefficient (Wildman–Crippen LogP) is 3.52. The number of benzene rings is 2. The minimum absolute atomic E-state index is 0.0719. The van der Waals surface area contributed by atoms with E-state index in [0.29, 0.717) is 28.7 Å². The Balaban J connectivity index is 1.89. The van der Waals surface area contributed by atoms with Crippen molar-refractivity contribution in [2.75, 3.05) is 6.54 Å². The van der Waals surface area contributed by atoms with Crippen molar-refractivity contribution in [1.82, 2.24) is 5.32 Å². The lowest BCUT2D eigenvalue weighted by molar-refractivity contribution is 0.174. The predicted molar refractivity (Wildman–Crippen MR) is 81.2 cm³/mol. The Kier molecular flexibility index (Phi) is 5.26. The molecule has 1 atom stereocenters. The maximum Gasteiger partial charge on any atom is 0.138 e. The van der Waals surface area contributed by atoms with Gasteiger partial charge in [0.15, 0.2) is 0 Å². The number of phenolic OH excluding ortho intramolecular Hbond substituents is 1. The minimum atomic E-state index is -0.631. The van der Waals surface area contributed by atoms with E-state index in [2.05, 4.69) is 5.32 Å². The van der Waals surface area contributed by atoms with E-state index in [4.69, 9.17) is 23.2 Å². The monoisotopic (exact) mass is 311 g/mol. The maximum atomic E-state index is 10.0. The Morgan fingerprint density at radius 3 is 2.45 bits per heavy atom. The molecular formula is C15H15Cl2NO2. The Hall–Kier alpha value is -1.26. The van der Waals surface area contributed by atoms with Crippen LogP contribution < -0.4 is 5.32 Å². The zero-order chi connectivity index (χ0) is 14.5. The van der Waals surface area contributed by atoms with E-state index in [1.165, 1.54) is 0 Å². The van der Waals surface area contributed by atoms with Gasteiger partial charge in [0, 0.05) is 23.7 Å². The maximum absolute atomic E-state index is 10.0. The number of hydrogen-bond acceptors (Lipinski definition) is 3. The summed E-state index contributed by atoms with van der Waals surface area (Å²) in [5, 5.41) is 23.8. The van der Waals surface area contributed by atoms with Crippen LogP contribution >= 0.6 is 23.2 Å². The van der Waals surface area contributed by atoms with Gasteiger partial charge in [-0.05, 0) is 23.8 Å². The van der Waals surface area contributed by atoms with Crippen molar-refractivity contribution in [3.63, 3.8) is 0 Å². The smallest absolute Gasteiger partial charge is 0.138 e. The topological polar surface area (TPSA) is 52.5 Å². The lowest BCUT2D eigenvalue weighted by atomic mass is 10.1. The summed E-state index contributed by atoms with van der Waals surface area (Å²) in [5.74, 6) is 0.0719. The Bertz CT molecular complexity index is 573. The third kappa shape index (κ3) is 3.87. The van der Waals surface area contributed by atoms with Gasteiger partial charge in [-0.25, -0.2) is 0 Å². The van der Waals surface area contributed by atoms with E-state index in [9.17, 15) is 10.2 Å². The molecule has 2 rings (SSSR count). The molecule has 0 amide bonds. The zero-order valence-corrected chi connectivity index (χ0v) is 12.2. The molecule has 0 fully saturated rings. The number of halogens is 2. The fourth-order valence-electron chi connectivity index (χ4n) is 1.85. The van der Waals surface area contributed by atoms with E-state index >= 15 is 0 Å². The van der Waals surface area contributed by atoms with Gasteiger partial charge in [0.2, 0.25) is 0 Å². The fourth-order valence-corrected chi connectivity index (χ4v) is 2.17. The van der Waals surface area contributed by atoms with Crippen LogP contribution in [0.2, 0.25) is 10.0 Å². The van der Waals surface area contributed by atoms with Gasteiger partial charge in [-0.2, -0.15) is 0 Å². The van der Waals surface area contributed by atoms with Crippen LogP contribution in [-0.2, 0) is 6.54 Å². The minimum Gasteiger partial charge on any atom is -0.506 e. The van der Waals surface area contributed by atoms with Crippen molar-refractivity contribution >= 4 is 23.2 Å². The fraction of sp³-hybridized carbons (Fsp3) is 0.200. The van der Waals surface area contributed by atoms with E-state index in [-0.39, 0.29) is 5.75 Å². The Morgan fingerprint density at radius 2 is 1.75 bits per heavy atom. The number of rotatable bonds is 5. The van der Waals surface area contributed by atoms with Crippen LogP contribution in [0.25, 0.3) is 0 Å². The van der Waals surface area contributed by atoms with Gasteiger partial charge in [0.1, 0.15) is 5.75 Å². The molecule has 1 unspecified atom stereocenters. The molecule has 0 bridgehead atoms. The van der Waals surface area contributed by atoms with Gasteiger partial charge in [-0.3, -0.25) is 0 Å². The second-order valence-electron chi connectivity index (χ2n) is 4.45. The molecule has 0 saturated carbocycles. The summed E-state index contributed by atoms with van der Waals surface area (Å²) in [4.78, 5) is 0. The number of nitrogens with one attached hydrogen (secondary N) is 1. The van der Waals surface area contributed by atoms with Gasteiger partial charge in [0.25, 0.3) is 0 Å². The first kappa shape index (κ1) is 15.1. The summed E-state index contributed by atoms with van der Waals surface area (Å²) in [6, 6.07) is 12.2. The zero-order valence-electron chi connectivity index (χ0n) is 10.7. The molecule has 2 aromatic rings. The van der Waals surface area contributed by atoms with Crippen LogP contribution in [0.4, 0.5) is 0 Å². The highest BCUT2D eigenvalue weighted by Crippen LogP contribution is 2.26. The molecule has 0 spiro atoms. The molecule has 20 heavy (non-hydrogen) atoms. The van der Waals surface area contributed by atoms with Crippen LogP contribution in [0, 0.1) is 0 Å². The highest BCUT2D eigenvalue weighted by Gasteiger charge is 2.08. The average molecular weight is 312 g/mol. The largest absolute Gasteiger partial charge is 0.506 e. The molecule has 0 saturated heterocycles. The summed E-state index contributed by atoms with van der Waals surface area (Å²) in [6.07, 6.45) is -0.631. The summed E-state index contributed by atoms with van der Waals surface area (Å²) < 4.78 is 0. The third-order valence-electron chi connectivity index (χ3n) is 2.98. The number of aliphatic hydroxyl groups excluding tert-OH is 1. The summed E-state index contributed by atoms with van der Waals surface area (Å²) >= 11 is 11.6. The lowest BCUT2D eigenvalue weighted by Gasteiger charge is -2.13. The van der Waals surface area contributed by atoms with Gasteiger partial charge in [-0.1, -0.05) is 47.5 Å². The first-order chi connectivity index (χ1) is 9.58. The number of phenols is 1. The lowest BCUT2D eigenvalue weighted by Crippen LogP contribution is -2.21. The highest BCUT2D eigenvalue weighted by molar-refractivity contribution is 6.32. The van der Waals surface area contributed by atoms with Gasteiger partial charge in [0.05, 0.1) is 11.1 Å². The summed E-state index contributed by atoms with van der Waals surface area (Å²) in [5.41, 5.74) is 1.48. The SMILES string of the molecule is Oc1c(Cl)cccc1CNCC(O)c1ccc(Cl)cc1. The van der Waals surface area contributed by atoms with Gasteiger partial charge < -0.3 is 15.5 Å². The molecule has 0 aliphatic carbocycles. The molecule has 0 aromatic heterocycles. The second kappa shape index (κ2) is 6.95. The first-order valence-electron chi connectivity index (χ1n) is 6.18. The standard InChI is InChI=1S/C15H15Cl2NO2/c16-12-6-4-10(5-7-12)14(19)9-18-8-11-2-1-3-13(17)15(11)20/h1-7,14,18-20H,8-9H2. The molecule has 3 N–H and O–H groups in total. The van der Waals surface area contributed by atoms with Crippen molar-refractivity contribution in [3.8, 4) is 5.75 Å². The normalized spacial score (nSPS) is 12.3. The second-order valence-corrected chi connectivity index (χ2v) is 5.29. The Labute approximate surface area is 127 Å². The summed E-state index contributed by atoms with van der Waals surface area (Å²) in [6.45, 7) is 0.796. The quantitative estimate of drug-likeness (QED) is 0.792. The first-order valence-corrected chi connectivity index (χ1v) is 6.94. The molecule has 0 aliphatic rings. The summed E-state index contributed by atoms with van der Waals surface area (Å²) in [7, 11) is 0. The van der Waals surface area contributed by atoms with Crippen LogP contribution in [0.5, 0.6) is 5.75 Å². The van der Waals surface area contributed by atoms with Crippen LogP contribution in [0.3, 0.4) is 0 Å². The molecule has 0 aliphatic heterocycles. The number of para-hydroxylation sites is 1. The Morgan fingerprint density at radius 1 is 1.05 bits per heavy atom. The van der Waals surface area contributed by atoms with Crippen LogP contribution in [-0.4, -0.2) is 16.8 Å². The number of aromatic hydroxyl groups is 1. The highest BCUT2D eigenvalue weighted by atomic mass is 35.5. The number of hydrogen-bond donors (Lipinski definition) is 3. The van der Waals surface area contributed by atoms with E-state index in [1.54, 1.807) is 42.5 Å². The van der Waals surface area contributed by atoms with Gasteiger partial charge >= 0.3 is 0 Å². The van der Waals surface area contributed by atoms with Gasteiger partial charge in [-0.15, -0.1) is 0 Å². The molecule has 106 valence electrons. The van der Waals surface area contributed by atoms with Crippen LogP contribution in [0.15, 0.2) is 42.5 Å². The molecule has 5 heteroatoms. The van der Waals surface area contributed by atoms with E-state index < -0.39 is 6.10 Å². The number of aliphatic hydroxyl groups is 1. The molecule has 2 aromatic carbocycles. The van der Waals surface area contributed by atoms with Crippen LogP contribution in [0.1, 0.15) is 17.2 Å². The molecule has 0 heterocycles. The van der Waals surface area contributed by atoms with E-state index in [0.717, 1.165) is 5.56 Å². The third-order valence-corrected chi connectivity index (χ3v) is 3.54. The molecular weight excluding hydrogens is 297 g/mol. The molecule has 3 nitrogen and oxygen atoms in total. The van der Waals surface area contributed by atoms with Crippen molar-refractivity contribution < 1.29 is 10.2 Å². The molecule has 0 radical (unpaired) electrons. The average Bonchev–Trinajstić information content (AvgIpc) is 2.44. The van der Waals surface area contributed by atoms with Crippen molar-refractivity contribution in [2.24, 2.45) is 0 Å².